The van der Waals surface area contributed by atoms with Gasteiger partial charge in [-0.05, 0) is 37.1 Å². The number of hydrogen-bond donors (Lipinski definition) is 1. The summed E-state index contributed by atoms with van der Waals surface area (Å²) in [6.07, 6.45) is 0.113. The average Bonchev–Trinajstić information content (AvgIpc) is 2.45. The fraction of sp³-hybridized carbons (Fsp3) is 0.294. The Kier molecular flexibility index (Phi) is 4.74. The van der Waals surface area contributed by atoms with Gasteiger partial charge in [0.15, 0.2) is 0 Å². The van der Waals surface area contributed by atoms with Gasteiger partial charge in [-0.1, -0.05) is 35.9 Å². The van der Waals surface area contributed by atoms with E-state index in [1.807, 2.05) is 49.2 Å². The van der Waals surface area contributed by atoms with E-state index in [0.717, 1.165) is 11.3 Å². The minimum atomic E-state index is -0.494. The van der Waals surface area contributed by atoms with Gasteiger partial charge in [0.25, 0.3) is 0 Å². The summed E-state index contributed by atoms with van der Waals surface area (Å²) < 4.78 is 13.2. The second-order valence-electron chi connectivity index (χ2n) is 5.12. The first-order valence-electron chi connectivity index (χ1n) is 6.77. The van der Waals surface area contributed by atoms with Crippen LogP contribution in [0.4, 0.5) is 10.1 Å². The largest absolute Gasteiger partial charge is 0.388 e. The first-order valence-corrected chi connectivity index (χ1v) is 6.77. The number of anilines is 1. The lowest BCUT2D eigenvalue weighted by Gasteiger charge is -2.21. The molecule has 0 radical (unpaired) electrons. The standard InChI is InChI=1S/C17H20FNO/c1-13-6-8-14(9-7-13)17(20)10-11-19(2)16-5-3-4-15(18)12-16/h3-9,12,17,20H,10-11H2,1-2H3. The number of benzene rings is 2. The molecule has 0 bridgehead atoms. The van der Waals surface area contributed by atoms with E-state index >= 15 is 0 Å². The van der Waals surface area contributed by atoms with Crippen LogP contribution in [0.15, 0.2) is 48.5 Å². The molecule has 20 heavy (non-hydrogen) atoms. The minimum absolute atomic E-state index is 0.242. The van der Waals surface area contributed by atoms with Gasteiger partial charge in [-0.3, -0.25) is 0 Å². The van der Waals surface area contributed by atoms with E-state index in [4.69, 9.17) is 0 Å². The van der Waals surface area contributed by atoms with Crippen LogP contribution in [0.2, 0.25) is 0 Å². The number of nitrogens with zero attached hydrogens (tertiary/aromatic N) is 1. The van der Waals surface area contributed by atoms with Crippen molar-refractivity contribution in [2.45, 2.75) is 19.4 Å². The topological polar surface area (TPSA) is 23.5 Å². The molecule has 0 aliphatic carbocycles. The molecule has 0 fully saturated rings. The van der Waals surface area contributed by atoms with Gasteiger partial charge in [0.05, 0.1) is 6.10 Å². The van der Waals surface area contributed by atoms with Gasteiger partial charge in [-0.2, -0.15) is 0 Å². The van der Waals surface area contributed by atoms with Crippen LogP contribution in [0, 0.1) is 12.7 Å². The Morgan fingerprint density at radius 3 is 2.50 bits per heavy atom. The number of aryl methyl sites for hydroxylation is 1. The fourth-order valence-electron chi connectivity index (χ4n) is 2.11. The van der Waals surface area contributed by atoms with Crippen LogP contribution >= 0.6 is 0 Å². The number of rotatable bonds is 5. The molecule has 2 rings (SSSR count). The molecule has 0 saturated carbocycles. The van der Waals surface area contributed by atoms with E-state index < -0.39 is 6.10 Å². The predicted molar refractivity (Wildman–Crippen MR) is 80.4 cm³/mol. The van der Waals surface area contributed by atoms with Gasteiger partial charge in [0.2, 0.25) is 0 Å². The van der Waals surface area contributed by atoms with E-state index in [2.05, 4.69) is 0 Å². The average molecular weight is 273 g/mol. The van der Waals surface area contributed by atoms with Crippen molar-refractivity contribution < 1.29 is 9.50 Å². The molecule has 0 aliphatic heterocycles. The lowest BCUT2D eigenvalue weighted by Crippen LogP contribution is -2.20. The Hall–Kier alpha value is -1.87. The molecule has 0 spiro atoms. The molecule has 1 atom stereocenters. The number of aliphatic hydroxyl groups excluding tert-OH is 1. The van der Waals surface area contributed by atoms with Crippen molar-refractivity contribution in [3.63, 3.8) is 0 Å². The third kappa shape index (κ3) is 3.81. The highest BCUT2D eigenvalue weighted by atomic mass is 19.1. The van der Waals surface area contributed by atoms with Crippen molar-refractivity contribution in [3.05, 3.63) is 65.5 Å². The predicted octanol–water partition coefficient (Wildman–Crippen LogP) is 3.69. The summed E-state index contributed by atoms with van der Waals surface area (Å²) in [5.74, 6) is -0.242. The molecule has 2 aromatic rings. The molecule has 2 aromatic carbocycles. The highest BCUT2D eigenvalue weighted by Gasteiger charge is 2.09. The van der Waals surface area contributed by atoms with Crippen molar-refractivity contribution in [1.29, 1.82) is 0 Å². The SMILES string of the molecule is Cc1ccc(C(O)CCN(C)c2cccc(F)c2)cc1. The van der Waals surface area contributed by atoms with E-state index in [1.165, 1.54) is 17.7 Å². The van der Waals surface area contributed by atoms with Crippen molar-refractivity contribution in [2.24, 2.45) is 0 Å². The summed E-state index contributed by atoms with van der Waals surface area (Å²) in [5, 5.41) is 10.2. The van der Waals surface area contributed by atoms with Gasteiger partial charge in [0.1, 0.15) is 5.82 Å². The molecular formula is C17H20FNO. The lowest BCUT2D eigenvalue weighted by molar-refractivity contribution is 0.170. The van der Waals surface area contributed by atoms with Gasteiger partial charge in [-0.25, -0.2) is 4.39 Å². The number of halogens is 1. The normalized spacial score (nSPS) is 12.2. The second kappa shape index (κ2) is 6.53. The summed E-state index contributed by atoms with van der Waals surface area (Å²) in [6.45, 7) is 2.69. The van der Waals surface area contributed by atoms with Gasteiger partial charge in [0, 0.05) is 19.3 Å². The molecule has 0 amide bonds. The van der Waals surface area contributed by atoms with E-state index in [9.17, 15) is 9.50 Å². The third-order valence-electron chi connectivity index (χ3n) is 3.45. The first-order chi connectivity index (χ1) is 9.56. The van der Waals surface area contributed by atoms with Crippen LogP contribution in [-0.2, 0) is 0 Å². The number of aliphatic hydroxyl groups is 1. The van der Waals surface area contributed by atoms with Crippen LogP contribution in [-0.4, -0.2) is 18.7 Å². The summed E-state index contributed by atoms with van der Waals surface area (Å²) in [4.78, 5) is 1.94. The molecule has 0 saturated heterocycles. The van der Waals surface area contributed by atoms with Crippen LogP contribution in [0.3, 0.4) is 0 Å². The van der Waals surface area contributed by atoms with Crippen molar-refractivity contribution >= 4 is 5.69 Å². The second-order valence-corrected chi connectivity index (χ2v) is 5.12. The highest BCUT2D eigenvalue weighted by molar-refractivity contribution is 5.45. The summed E-state index contributed by atoms with van der Waals surface area (Å²) in [6, 6.07) is 14.4. The lowest BCUT2D eigenvalue weighted by atomic mass is 10.0. The smallest absolute Gasteiger partial charge is 0.125 e. The molecule has 3 heteroatoms. The van der Waals surface area contributed by atoms with E-state index in [0.29, 0.717) is 13.0 Å². The Labute approximate surface area is 119 Å². The summed E-state index contributed by atoms with van der Waals surface area (Å²) >= 11 is 0. The zero-order valence-electron chi connectivity index (χ0n) is 11.9. The Morgan fingerprint density at radius 1 is 1.15 bits per heavy atom. The Bertz CT molecular complexity index is 553. The quantitative estimate of drug-likeness (QED) is 0.898. The van der Waals surface area contributed by atoms with Crippen LogP contribution in [0.25, 0.3) is 0 Å². The zero-order chi connectivity index (χ0) is 14.5. The first kappa shape index (κ1) is 14.5. The van der Waals surface area contributed by atoms with Crippen LogP contribution < -0.4 is 4.90 Å². The van der Waals surface area contributed by atoms with Crippen molar-refractivity contribution in [3.8, 4) is 0 Å². The minimum Gasteiger partial charge on any atom is -0.388 e. The van der Waals surface area contributed by atoms with E-state index in [1.54, 1.807) is 6.07 Å². The monoisotopic (exact) mass is 273 g/mol. The summed E-state index contributed by atoms with van der Waals surface area (Å²) in [7, 11) is 1.90. The molecule has 0 aliphatic rings. The molecule has 0 aromatic heterocycles. The maximum absolute atomic E-state index is 13.2. The molecule has 1 N–H and O–H groups in total. The van der Waals surface area contributed by atoms with Gasteiger partial charge >= 0.3 is 0 Å². The summed E-state index contributed by atoms with van der Waals surface area (Å²) in [5.41, 5.74) is 2.92. The third-order valence-corrected chi connectivity index (χ3v) is 3.45. The maximum atomic E-state index is 13.2. The van der Waals surface area contributed by atoms with Crippen LogP contribution in [0.5, 0.6) is 0 Å². The zero-order valence-corrected chi connectivity index (χ0v) is 11.9. The molecule has 106 valence electrons. The van der Waals surface area contributed by atoms with Gasteiger partial charge in [-0.15, -0.1) is 0 Å². The molecular weight excluding hydrogens is 253 g/mol. The fourth-order valence-corrected chi connectivity index (χ4v) is 2.11. The van der Waals surface area contributed by atoms with Crippen molar-refractivity contribution in [1.82, 2.24) is 0 Å². The Morgan fingerprint density at radius 2 is 1.85 bits per heavy atom. The molecule has 2 nitrogen and oxygen atoms in total. The van der Waals surface area contributed by atoms with Gasteiger partial charge < -0.3 is 10.0 Å². The highest BCUT2D eigenvalue weighted by Crippen LogP contribution is 2.20. The maximum Gasteiger partial charge on any atom is 0.125 e. The van der Waals surface area contributed by atoms with Crippen LogP contribution in [0.1, 0.15) is 23.7 Å². The molecule has 1 unspecified atom stereocenters. The molecule has 0 heterocycles. The van der Waals surface area contributed by atoms with E-state index in [-0.39, 0.29) is 5.82 Å². The number of hydrogen-bond acceptors (Lipinski definition) is 2. The van der Waals surface area contributed by atoms with Crippen molar-refractivity contribution in [2.75, 3.05) is 18.5 Å². The Balaban J connectivity index is 1.93.